The van der Waals surface area contributed by atoms with Gasteiger partial charge in [-0.15, -0.1) is 11.3 Å². The molecule has 2 aromatic heterocycles. The van der Waals surface area contributed by atoms with E-state index < -0.39 is 0 Å². The predicted molar refractivity (Wildman–Crippen MR) is 78.3 cm³/mol. The molecule has 0 bridgehead atoms. The summed E-state index contributed by atoms with van der Waals surface area (Å²) in [5.41, 5.74) is 2.89. The molecule has 0 spiro atoms. The van der Waals surface area contributed by atoms with E-state index in [2.05, 4.69) is 62.3 Å². The van der Waals surface area contributed by atoms with Gasteiger partial charge in [-0.05, 0) is 34.9 Å². The summed E-state index contributed by atoms with van der Waals surface area (Å²) in [5.74, 6) is 0. The number of rotatable bonds is 3. The molecule has 0 atom stereocenters. The van der Waals surface area contributed by atoms with Crippen LogP contribution in [0.2, 0.25) is 0 Å². The van der Waals surface area contributed by atoms with Crippen molar-refractivity contribution in [1.29, 1.82) is 0 Å². The monoisotopic (exact) mass is 262 g/mol. The summed E-state index contributed by atoms with van der Waals surface area (Å²) in [5, 5.41) is 9.51. The topological polar surface area (TPSA) is 28.7 Å². The first-order chi connectivity index (χ1) is 8.29. The van der Waals surface area contributed by atoms with Crippen LogP contribution in [0, 0.1) is 0 Å². The SMILES string of the molecule is CC(C)(C)c1csc(CC(C)(C)c2cc[nH]n2)c1. The summed E-state index contributed by atoms with van der Waals surface area (Å²) in [6, 6.07) is 4.41. The molecule has 0 aliphatic heterocycles. The van der Waals surface area contributed by atoms with Crippen LogP contribution in [-0.2, 0) is 17.3 Å². The number of hydrogen-bond acceptors (Lipinski definition) is 2. The molecule has 2 heterocycles. The quantitative estimate of drug-likeness (QED) is 0.878. The summed E-state index contributed by atoms with van der Waals surface area (Å²) in [4.78, 5) is 1.44. The second kappa shape index (κ2) is 4.54. The van der Waals surface area contributed by atoms with Gasteiger partial charge in [-0.1, -0.05) is 34.6 Å². The summed E-state index contributed by atoms with van der Waals surface area (Å²) >= 11 is 1.86. The Labute approximate surface area is 113 Å². The molecule has 2 rings (SSSR count). The number of aromatic amines is 1. The fourth-order valence-electron chi connectivity index (χ4n) is 2.03. The highest BCUT2D eigenvalue weighted by atomic mass is 32.1. The van der Waals surface area contributed by atoms with Crippen LogP contribution in [-0.4, -0.2) is 10.2 Å². The van der Waals surface area contributed by atoms with Crippen molar-refractivity contribution < 1.29 is 0 Å². The van der Waals surface area contributed by atoms with E-state index in [0.717, 1.165) is 12.1 Å². The molecule has 0 aliphatic rings. The van der Waals surface area contributed by atoms with Gasteiger partial charge in [-0.3, -0.25) is 5.10 Å². The third kappa shape index (κ3) is 2.83. The Morgan fingerprint density at radius 3 is 2.44 bits per heavy atom. The van der Waals surface area contributed by atoms with Crippen molar-refractivity contribution in [2.45, 2.75) is 51.9 Å². The average Bonchev–Trinajstić information content (AvgIpc) is 2.83. The van der Waals surface area contributed by atoms with Crippen LogP contribution in [0.15, 0.2) is 23.7 Å². The Morgan fingerprint density at radius 1 is 1.22 bits per heavy atom. The van der Waals surface area contributed by atoms with E-state index in [4.69, 9.17) is 0 Å². The highest BCUT2D eigenvalue weighted by molar-refractivity contribution is 7.10. The summed E-state index contributed by atoms with van der Waals surface area (Å²) in [6.07, 6.45) is 2.94. The van der Waals surface area contributed by atoms with Crippen LogP contribution >= 0.6 is 11.3 Å². The molecule has 2 nitrogen and oxygen atoms in total. The molecule has 98 valence electrons. The zero-order valence-electron chi connectivity index (χ0n) is 11.9. The molecule has 3 heteroatoms. The number of H-pyrrole nitrogens is 1. The molecule has 0 radical (unpaired) electrons. The van der Waals surface area contributed by atoms with Gasteiger partial charge in [0.2, 0.25) is 0 Å². The van der Waals surface area contributed by atoms with Gasteiger partial charge in [-0.25, -0.2) is 0 Å². The molecule has 18 heavy (non-hydrogen) atoms. The molecule has 0 unspecified atom stereocenters. The lowest BCUT2D eigenvalue weighted by molar-refractivity contribution is 0.507. The second-order valence-corrected chi connectivity index (χ2v) is 7.57. The Bertz CT molecular complexity index is 501. The largest absolute Gasteiger partial charge is 0.285 e. The third-order valence-electron chi connectivity index (χ3n) is 3.33. The molecule has 0 amide bonds. The van der Waals surface area contributed by atoms with Crippen molar-refractivity contribution in [3.8, 4) is 0 Å². The first-order valence-electron chi connectivity index (χ1n) is 6.37. The van der Waals surface area contributed by atoms with Crippen molar-refractivity contribution in [1.82, 2.24) is 10.2 Å². The Kier molecular flexibility index (Phi) is 3.37. The van der Waals surface area contributed by atoms with Crippen molar-refractivity contribution in [3.05, 3.63) is 39.8 Å². The number of thiophene rings is 1. The van der Waals surface area contributed by atoms with Crippen LogP contribution in [0.5, 0.6) is 0 Å². The molecule has 0 aromatic carbocycles. The van der Waals surface area contributed by atoms with E-state index in [-0.39, 0.29) is 10.8 Å². The standard InChI is InChI=1S/C15H22N2S/c1-14(2,3)11-8-12(18-10-11)9-15(4,5)13-6-7-16-17-13/h6-8,10H,9H2,1-5H3,(H,16,17). The van der Waals surface area contributed by atoms with Gasteiger partial charge in [0, 0.05) is 16.5 Å². The molecule has 0 saturated carbocycles. The number of nitrogens with zero attached hydrogens (tertiary/aromatic N) is 1. The van der Waals surface area contributed by atoms with Crippen molar-refractivity contribution >= 4 is 11.3 Å². The zero-order chi connectivity index (χ0) is 13.4. The third-order valence-corrected chi connectivity index (χ3v) is 4.27. The van der Waals surface area contributed by atoms with E-state index in [0.29, 0.717) is 0 Å². The lowest BCUT2D eigenvalue weighted by Crippen LogP contribution is -2.20. The number of aromatic nitrogens is 2. The van der Waals surface area contributed by atoms with E-state index in [9.17, 15) is 0 Å². The smallest absolute Gasteiger partial charge is 0.0681 e. The molecular weight excluding hydrogens is 240 g/mol. The van der Waals surface area contributed by atoms with Gasteiger partial charge >= 0.3 is 0 Å². The minimum absolute atomic E-state index is 0.0833. The van der Waals surface area contributed by atoms with Gasteiger partial charge < -0.3 is 0 Å². The maximum Gasteiger partial charge on any atom is 0.0681 e. The van der Waals surface area contributed by atoms with Crippen molar-refractivity contribution in [2.24, 2.45) is 0 Å². The number of nitrogens with one attached hydrogen (secondary N) is 1. The van der Waals surface area contributed by atoms with Gasteiger partial charge in [0.15, 0.2) is 0 Å². The fraction of sp³-hybridized carbons (Fsp3) is 0.533. The summed E-state index contributed by atoms with van der Waals surface area (Å²) in [7, 11) is 0. The molecule has 2 aromatic rings. The molecular formula is C15H22N2S. The van der Waals surface area contributed by atoms with Gasteiger partial charge in [0.25, 0.3) is 0 Å². The van der Waals surface area contributed by atoms with E-state index in [1.165, 1.54) is 10.4 Å². The first kappa shape index (κ1) is 13.3. The highest BCUT2D eigenvalue weighted by Gasteiger charge is 2.25. The van der Waals surface area contributed by atoms with Gasteiger partial charge in [0.1, 0.15) is 0 Å². The lowest BCUT2D eigenvalue weighted by atomic mass is 9.84. The minimum atomic E-state index is 0.0833. The predicted octanol–water partition coefficient (Wildman–Crippen LogP) is 4.29. The lowest BCUT2D eigenvalue weighted by Gasteiger charge is -2.21. The van der Waals surface area contributed by atoms with Crippen LogP contribution < -0.4 is 0 Å². The molecule has 0 aliphatic carbocycles. The summed E-state index contributed by atoms with van der Waals surface area (Å²) < 4.78 is 0. The van der Waals surface area contributed by atoms with Crippen LogP contribution in [0.25, 0.3) is 0 Å². The molecule has 0 fully saturated rings. The van der Waals surface area contributed by atoms with Crippen molar-refractivity contribution in [3.63, 3.8) is 0 Å². The minimum Gasteiger partial charge on any atom is -0.285 e. The van der Waals surface area contributed by atoms with E-state index >= 15 is 0 Å². The van der Waals surface area contributed by atoms with Crippen LogP contribution in [0.3, 0.4) is 0 Å². The van der Waals surface area contributed by atoms with Gasteiger partial charge in [0.05, 0.1) is 5.69 Å². The number of hydrogen-bond donors (Lipinski definition) is 1. The van der Waals surface area contributed by atoms with E-state index in [1.54, 1.807) is 0 Å². The molecule has 1 N–H and O–H groups in total. The highest BCUT2D eigenvalue weighted by Crippen LogP contribution is 2.32. The van der Waals surface area contributed by atoms with Gasteiger partial charge in [-0.2, -0.15) is 5.10 Å². The van der Waals surface area contributed by atoms with E-state index in [1.807, 2.05) is 17.5 Å². The summed E-state index contributed by atoms with van der Waals surface area (Å²) in [6.45, 7) is 11.3. The van der Waals surface area contributed by atoms with Crippen LogP contribution in [0.4, 0.5) is 0 Å². The Hall–Kier alpha value is -1.09. The average molecular weight is 262 g/mol. The van der Waals surface area contributed by atoms with Crippen molar-refractivity contribution in [2.75, 3.05) is 0 Å². The van der Waals surface area contributed by atoms with Crippen LogP contribution in [0.1, 0.15) is 50.8 Å². The first-order valence-corrected chi connectivity index (χ1v) is 7.25. The maximum absolute atomic E-state index is 4.32. The Balaban J connectivity index is 2.17. The second-order valence-electron chi connectivity index (χ2n) is 6.57. The fourth-order valence-corrected chi connectivity index (χ4v) is 3.37. The Morgan fingerprint density at radius 2 is 1.94 bits per heavy atom. The zero-order valence-corrected chi connectivity index (χ0v) is 12.7. The molecule has 0 saturated heterocycles. The normalized spacial score (nSPS) is 12.9. The maximum atomic E-state index is 4.32.